The van der Waals surface area contributed by atoms with Crippen LogP contribution in [0.15, 0.2) is 24.3 Å². The zero-order valence-corrected chi connectivity index (χ0v) is 10.8. The van der Waals surface area contributed by atoms with Crippen molar-refractivity contribution in [2.45, 2.75) is 26.3 Å². The summed E-state index contributed by atoms with van der Waals surface area (Å²) < 4.78 is 0. The fourth-order valence-electron chi connectivity index (χ4n) is 1.45. The lowest BCUT2D eigenvalue weighted by molar-refractivity contribution is -0.139. The topological polar surface area (TPSA) is 95.5 Å². The van der Waals surface area contributed by atoms with E-state index in [0.717, 1.165) is 0 Å². The number of nitrogens with one attached hydrogen (secondary N) is 2. The number of carbonyl (C=O) groups is 3. The molecule has 1 unspecified atom stereocenters. The summed E-state index contributed by atoms with van der Waals surface area (Å²) in [6, 6.07) is 4.83. The second-order valence-electron chi connectivity index (χ2n) is 4.03. The molecule has 0 aromatic heterocycles. The molecule has 0 aliphatic rings. The molecule has 102 valence electrons. The number of amides is 2. The number of rotatable bonds is 5. The first-order valence-corrected chi connectivity index (χ1v) is 5.85. The summed E-state index contributed by atoms with van der Waals surface area (Å²) in [7, 11) is 0. The Morgan fingerprint density at radius 2 is 1.79 bits per heavy atom. The van der Waals surface area contributed by atoms with Crippen molar-refractivity contribution in [1.82, 2.24) is 5.32 Å². The van der Waals surface area contributed by atoms with Gasteiger partial charge in [-0.05, 0) is 37.6 Å². The number of hydrogen-bond acceptors (Lipinski definition) is 3. The predicted octanol–water partition coefficient (Wildman–Crippen LogP) is 1.87. The molecular formula is C13H16N2O4. The third kappa shape index (κ3) is 4.42. The second kappa shape index (κ2) is 6.53. The Hall–Kier alpha value is -2.37. The van der Waals surface area contributed by atoms with Gasteiger partial charge in [-0.25, -0.2) is 9.59 Å². The SMILES string of the molecule is CCC(NC(=O)Nc1ccc(C(C)=O)cc1)C(=O)O. The number of carboxylic acid groups (broad SMARTS) is 1. The van der Waals surface area contributed by atoms with E-state index in [4.69, 9.17) is 5.11 Å². The number of carboxylic acids is 1. The maximum absolute atomic E-state index is 11.6. The second-order valence-corrected chi connectivity index (χ2v) is 4.03. The van der Waals surface area contributed by atoms with E-state index in [-0.39, 0.29) is 5.78 Å². The number of anilines is 1. The van der Waals surface area contributed by atoms with Crippen LogP contribution < -0.4 is 10.6 Å². The first-order valence-electron chi connectivity index (χ1n) is 5.85. The maximum Gasteiger partial charge on any atom is 0.326 e. The average Bonchev–Trinajstić information content (AvgIpc) is 2.36. The predicted molar refractivity (Wildman–Crippen MR) is 70.3 cm³/mol. The van der Waals surface area contributed by atoms with Crippen LogP contribution in [0.4, 0.5) is 10.5 Å². The van der Waals surface area contributed by atoms with Gasteiger partial charge in [-0.3, -0.25) is 4.79 Å². The quantitative estimate of drug-likeness (QED) is 0.707. The van der Waals surface area contributed by atoms with E-state index in [2.05, 4.69) is 10.6 Å². The van der Waals surface area contributed by atoms with E-state index >= 15 is 0 Å². The molecule has 1 aromatic carbocycles. The number of benzene rings is 1. The number of Topliss-reactive ketones (excluding diaryl/α,β-unsaturated/α-hetero) is 1. The first kappa shape index (κ1) is 14.7. The van der Waals surface area contributed by atoms with Crippen LogP contribution in [0.2, 0.25) is 0 Å². The van der Waals surface area contributed by atoms with Crippen LogP contribution in [-0.2, 0) is 4.79 Å². The lowest BCUT2D eigenvalue weighted by atomic mass is 10.1. The van der Waals surface area contributed by atoms with Gasteiger partial charge in [0.25, 0.3) is 0 Å². The van der Waals surface area contributed by atoms with Gasteiger partial charge in [-0.1, -0.05) is 6.92 Å². The number of urea groups is 1. The molecule has 3 N–H and O–H groups in total. The fraction of sp³-hybridized carbons (Fsp3) is 0.308. The highest BCUT2D eigenvalue weighted by atomic mass is 16.4. The van der Waals surface area contributed by atoms with Crippen LogP contribution in [0.3, 0.4) is 0 Å². The van der Waals surface area contributed by atoms with Gasteiger partial charge in [-0.15, -0.1) is 0 Å². The number of aliphatic carboxylic acids is 1. The molecule has 6 nitrogen and oxygen atoms in total. The summed E-state index contributed by atoms with van der Waals surface area (Å²) in [5, 5.41) is 13.6. The molecule has 0 spiro atoms. The highest BCUT2D eigenvalue weighted by Gasteiger charge is 2.17. The van der Waals surface area contributed by atoms with Crippen LogP contribution in [0.5, 0.6) is 0 Å². The molecule has 19 heavy (non-hydrogen) atoms. The summed E-state index contributed by atoms with van der Waals surface area (Å²) in [6.07, 6.45) is 0.298. The Morgan fingerprint density at radius 3 is 2.21 bits per heavy atom. The van der Waals surface area contributed by atoms with E-state index in [9.17, 15) is 14.4 Å². The van der Waals surface area contributed by atoms with E-state index in [1.165, 1.54) is 6.92 Å². The maximum atomic E-state index is 11.6. The highest BCUT2D eigenvalue weighted by molar-refractivity contribution is 5.95. The number of hydrogen-bond donors (Lipinski definition) is 3. The van der Waals surface area contributed by atoms with Crippen molar-refractivity contribution in [3.05, 3.63) is 29.8 Å². The van der Waals surface area contributed by atoms with Gasteiger partial charge in [-0.2, -0.15) is 0 Å². The number of ketones is 1. The van der Waals surface area contributed by atoms with Crippen molar-refractivity contribution in [2.75, 3.05) is 5.32 Å². The minimum absolute atomic E-state index is 0.0621. The molecule has 0 saturated carbocycles. The molecule has 0 fully saturated rings. The van der Waals surface area contributed by atoms with Gasteiger partial charge >= 0.3 is 12.0 Å². The molecule has 1 atom stereocenters. The monoisotopic (exact) mass is 264 g/mol. The third-order valence-electron chi connectivity index (χ3n) is 2.56. The van der Waals surface area contributed by atoms with Gasteiger partial charge in [0.2, 0.25) is 0 Å². The minimum atomic E-state index is -1.08. The normalized spacial score (nSPS) is 11.5. The van der Waals surface area contributed by atoms with E-state index in [1.54, 1.807) is 31.2 Å². The van der Waals surface area contributed by atoms with Crippen molar-refractivity contribution in [3.63, 3.8) is 0 Å². The van der Waals surface area contributed by atoms with Crippen LogP contribution in [0, 0.1) is 0 Å². The van der Waals surface area contributed by atoms with Crippen molar-refractivity contribution in [2.24, 2.45) is 0 Å². The van der Waals surface area contributed by atoms with Crippen molar-refractivity contribution in [1.29, 1.82) is 0 Å². The molecule has 1 rings (SSSR count). The Labute approximate surface area is 110 Å². The largest absolute Gasteiger partial charge is 0.480 e. The zero-order chi connectivity index (χ0) is 14.4. The Morgan fingerprint density at radius 1 is 1.21 bits per heavy atom. The standard InChI is InChI=1S/C13H16N2O4/c1-3-11(12(17)18)15-13(19)14-10-6-4-9(5-7-10)8(2)16/h4-7,11H,3H2,1-2H3,(H,17,18)(H2,14,15,19). The van der Waals surface area contributed by atoms with E-state index in [0.29, 0.717) is 17.7 Å². The third-order valence-corrected chi connectivity index (χ3v) is 2.56. The van der Waals surface area contributed by atoms with Gasteiger partial charge in [0, 0.05) is 11.3 Å². The lowest BCUT2D eigenvalue weighted by Crippen LogP contribution is -2.42. The first-order chi connectivity index (χ1) is 8.93. The fourth-order valence-corrected chi connectivity index (χ4v) is 1.45. The Balaban J connectivity index is 2.61. The van der Waals surface area contributed by atoms with Gasteiger partial charge in [0.1, 0.15) is 6.04 Å². The summed E-state index contributed by atoms with van der Waals surface area (Å²) in [4.78, 5) is 33.4. The molecule has 6 heteroatoms. The van der Waals surface area contributed by atoms with E-state index < -0.39 is 18.0 Å². The van der Waals surface area contributed by atoms with Crippen molar-refractivity contribution >= 4 is 23.5 Å². The highest BCUT2D eigenvalue weighted by Crippen LogP contribution is 2.10. The summed E-state index contributed by atoms with van der Waals surface area (Å²) in [5.74, 6) is -1.14. The zero-order valence-electron chi connectivity index (χ0n) is 10.8. The van der Waals surface area contributed by atoms with Crippen molar-refractivity contribution in [3.8, 4) is 0 Å². The number of carbonyl (C=O) groups excluding carboxylic acids is 2. The summed E-state index contributed by atoms with van der Waals surface area (Å²) in [6.45, 7) is 3.12. The van der Waals surface area contributed by atoms with Crippen molar-refractivity contribution < 1.29 is 19.5 Å². The molecular weight excluding hydrogens is 248 g/mol. The molecule has 2 amide bonds. The smallest absolute Gasteiger partial charge is 0.326 e. The van der Waals surface area contributed by atoms with Gasteiger partial charge in [0.05, 0.1) is 0 Å². The van der Waals surface area contributed by atoms with Gasteiger partial charge in [0.15, 0.2) is 5.78 Å². The van der Waals surface area contributed by atoms with E-state index in [1.807, 2.05) is 0 Å². The molecule has 0 saturated heterocycles. The summed E-state index contributed by atoms with van der Waals surface area (Å²) in [5.41, 5.74) is 1.03. The average molecular weight is 264 g/mol. The Kier molecular flexibility index (Phi) is 5.05. The molecule has 0 bridgehead atoms. The van der Waals surface area contributed by atoms with Crippen LogP contribution in [-0.4, -0.2) is 28.9 Å². The molecule has 1 aromatic rings. The molecule has 0 radical (unpaired) electrons. The molecule has 0 aliphatic heterocycles. The molecule has 0 aliphatic carbocycles. The van der Waals surface area contributed by atoms with Gasteiger partial charge < -0.3 is 15.7 Å². The van der Waals surface area contributed by atoms with Crippen LogP contribution in [0.25, 0.3) is 0 Å². The van der Waals surface area contributed by atoms with Crippen LogP contribution in [0.1, 0.15) is 30.6 Å². The van der Waals surface area contributed by atoms with Crippen LogP contribution >= 0.6 is 0 Å². The molecule has 0 heterocycles. The Bertz CT molecular complexity index is 482. The minimum Gasteiger partial charge on any atom is -0.480 e. The summed E-state index contributed by atoms with van der Waals surface area (Å²) >= 11 is 0. The lowest BCUT2D eigenvalue weighted by Gasteiger charge is -2.13.